The lowest BCUT2D eigenvalue weighted by Gasteiger charge is -2.34. The number of nitrogens with one attached hydrogen (secondary N) is 1. The van der Waals surface area contributed by atoms with Crippen LogP contribution in [0.4, 0.5) is 39.5 Å². The molecule has 1 heterocycles. The lowest BCUT2D eigenvalue weighted by Crippen LogP contribution is -2.51. The third-order valence-electron chi connectivity index (χ3n) is 6.60. The highest BCUT2D eigenvalue weighted by Gasteiger charge is 2.70. The lowest BCUT2D eigenvalue weighted by molar-refractivity contribution is -0.304. The first-order chi connectivity index (χ1) is 17.8. The molecule has 0 amide bonds. The van der Waals surface area contributed by atoms with Gasteiger partial charge in [0, 0.05) is 47.0 Å². The molecular weight excluding hydrogens is 539 g/mol. The van der Waals surface area contributed by atoms with Gasteiger partial charge >= 0.3 is 12.4 Å². The maximum Gasteiger partial charge on any atom is 0.432 e. The molecule has 210 valence electrons. The van der Waals surface area contributed by atoms with Gasteiger partial charge in [-0.25, -0.2) is 13.2 Å². The SMILES string of the molecule is C=C(NC1CC1)c1cc(-c2cc(-c3c(C)cc(C(F)(C(C)(F)F)C(F)(F)F)cc3C(F)(F)F)no2)ccc1C. The number of benzene rings is 2. The Balaban J connectivity index is 1.82. The second kappa shape index (κ2) is 9.34. The topological polar surface area (TPSA) is 38.1 Å². The van der Waals surface area contributed by atoms with E-state index >= 15 is 0 Å². The Morgan fingerprint density at radius 2 is 1.56 bits per heavy atom. The molecule has 2 aromatic carbocycles. The average Bonchev–Trinajstić information content (AvgIpc) is 3.48. The summed E-state index contributed by atoms with van der Waals surface area (Å²) in [7, 11) is 0. The molecule has 3 nitrogen and oxygen atoms in total. The van der Waals surface area contributed by atoms with Crippen molar-refractivity contribution in [2.75, 3.05) is 0 Å². The third-order valence-corrected chi connectivity index (χ3v) is 6.60. The van der Waals surface area contributed by atoms with Crippen molar-refractivity contribution in [1.29, 1.82) is 0 Å². The molecule has 1 fully saturated rings. The van der Waals surface area contributed by atoms with Crippen molar-refractivity contribution in [2.24, 2.45) is 0 Å². The van der Waals surface area contributed by atoms with Crippen LogP contribution in [0.1, 0.15) is 47.6 Å². The standard InChI is InChI=1S/C27H23F9N2O/c1-13-5-6-16(10-19(13)15(3)37-18-7-8-18)22-12-21(38-39-22)23-14(2)9-17(11-20(23)26(31,32)33)25(30,24(4,28)29)27(34,35)36/h5-6,9-12,18,37H,3,7-8H2,1-2,4H3. The Labute approximate surface area is 217 Å². The quantitative estimate of drug-likeness (QED) is 0.293. The predicted octanol–water partition coefficient (Wildman–Crippen LogP) is 8.75. The van der Waals surface area contributed by atoms with Gasteiger partial charge in [-0.2, -0.15) is 26.3 Å². The molecule has 1 aromatic heterocycles. The Morgan fingerprint density at radius 1 is 0.923 bits per heavy atom. The molecular formula is C27H23F9N2O. The largest absolute Gasteiger partial charge is 0.432 e. The van der Waals surface area contributed by atoms with Gasteiger partial charge in [0.25, 0.3) is 11.6 Å². The van der Waals surface area contributed by atoms with Gasteiger partial charge in [0.2, 0.25) is 0 Å². The zero-order chi connectivity index (χ0) is 29.1. The summed E-state index contributed by atoms with van der Waals surface area (Å²) in [6.45, 7) is 6.47. The number of aryl methyl sites for hydroxylation is 2. The van der Waals surface area contributed by atoms with E-state index in [0.29, 0.717) is 23.4 Å². The molecule has 39 heavy (non-hydrogen) atoms. The van der Waals surface area contributed by atoms with Crippen molar-refractivity contribution >= 4 is 5.70 Å². The number of rotatable bonds is 7. The summed E-state index contributed by atoms with van der Waals surface area (Å²) in [6, 6.07) is 6.61. The monoisotopic (exact) mass is 562 g/mol. The second-order valence-corrected chi connectivity index (χ2v) is 9.76. The third kappa shape index (κ3) is 5.25. The summed E-state index contributed by atoms with van der Waals surface area (Å²) in [5.74, 6) is -5.04. The van der Waals surface area contributed by atoms with Gasteiger partial charge in [0.1, 0.15) is 5.69 Å². The fourth-order valence-electron chi connectivity index (χ4n) is 4.40. The summed E-state index contributed by atoms with van der Waals surface area (Å²) in [4.78, 5) is 0. The van der Waals surface area contributed by atoms with Crippen LogP contribution < -0.4 is 5.32 Å². The first kappa shape index (κ1) is 28.6. The number of alkyl halides is 9. The van der Waals surface area contributed by atoms with E-state index in [1.54, 1.807) is 18.2 Å². The van der Waals surface area contributed by atoms with Crippen molar-refractivity contribution < 1.29 is 44.0 Å². The van der Waals surface area contributed by atoms with Crippen LogP contribution in [-0.4, -0.2) is 23.3 Å². The highest BCUT2D eigenvalue weighted by atomic mass is 19.4. The first-order valence-electron chi connectivity index (χ1n) is 11.7. The fraction of sp³-hybridized carbons (Fsp3) is 0.370. The number of hydrogen-bond acceptors (Lipinski definition) is 3. The first-order valence-corrected chi connectivity index (χ1v) is 11.7. The van der Waals surface area contributed by atoms with Crippen LogP contribution >= 0.6 is 0 Å². The molecule has 1 saturated carbocycles. The highest BCUT2D eigenvalue weighted by molar-refractivity contribution is 5.75. The summed E-state index contributed by atoms with van der Waals surface area (Å²) >= 11 is 0. The van der Waals surface area contributed by atoms with Gasteiger partial charge < -0.3 is 9.84 Å². The molecule has 3 aromatic rings. The van der Waals surface area contributed by atoms with Crippen LogP contribution in [0.3, 0.4) is 0 Å². The van der Waals surface area contributed by atoms with Gasteiger partial charge in [-0.3, -0.25) is 0 Å². The summed E-state index contributed by atoms with van der Waals surface area (Å²) in [6.07, 6.45) is -9.53. The minimum absolute atomic E-state index is 0.0392. The Kier molecular flexibility index (Phi) is 6.84. The van der Waals surface area contributed by atoms with Crippen LogP contribution in [0, 0.1) is 13.8 Å². The van der Waals surface area contributed by atoms with Crippen LogP contribution in [-0.2, 0) is 11.8 Å². The van der Waals surface area contributed by atoms with Gasteiger partial charge in [-0.1, -0.05) is 29.9 Å². The van der Waals surface area contributed by atoms with Crippen molar-refractivity contribution in [3.05, 3.63) is 70.8 Å². The van der Waals surface area contributed by atoms with Crippen molar-refractivity contribution in [3.8, 4) is 22.6 Å². The van der Waals surface area contributed by atoms with E-state index in [1.165, 1.54) is 0 Å². The molecule has 0 radical (unpaired) electrons. The zero-order valence-electron chi connectivity index (χ0n) is 20.9. The number of aromatic nitrogens is 1. The lowest BCUT2D eigenvalue weighted by atomic mass is 9.84. The van der Waals surface area contributed by atoms with Crippen LogP contribution in [0.15, 0.2) is 47.5 Å². The molecule has 0 saturated heterocycles. The molecule has 1 unspecified atom stereocenters. The van der Waals surface area contributed by atoms with E-state index in [2.05, 4.69) is 17.1 Å². The van der Waals surface area contributed by atoms with Gasteiger partial charge in [0.15, 0.2) is 5.76 Å². The fourth-order valence-corrected chi connectivity index (χ4v) is 4.40. The van der Waals surface area contributed by atoms with E-state index in [9.17, 15) is 39.5 Å². The number of nitrogens with zero attached hydrogens (tertiary/aromatic N) is 1. The van der Waals surface area contributed by atoms with E-state index in [1.807, 2.05) is 6.92 Å². The van der Waals surface area contributed by atoms with Crippen molar-refractivity contribution in [1.82, 2.24) is 10.5 Å². The minimum atomic E-state index is -6.20. The Hall–Kier alpha value is -3.44. The van der Waals surface area contributed by atoms with E-state index in [0.717, 1.165) is 37.0 Å². The molecule has 1 N–H and O–H groups in total. The minimum Gasteiger partial charge on any atom is -0.382 e. The number of halogens is 9. The van der Waals surface area contributed by atoms with Gasteiger partial charge in [-0.05, 0) is 49.9 Å². The maximum absolute atomic E-state index is 15.0. The van der Waals surface area contributed by atoms with Crippen LogP contribution in [0.5, 0.6) is 0 Å². The molecule has 12 heteroatoms. The molecule has 1 atom stereocenters. The Morgan fingerprint density at radius 3 is 2.10 bits per heavy atom. The average molecular weight is 562 g/mol. The van der Waals surface area contributed by atoms with Gasteiger partial charge in [-0.15, -0.1) is 0 Å². The molecule has 4 rings (SSSR count). The predicted molar refractivity (Wildman–Crippen MR) is 127 cm³/mol. The highest BCUT2D eigenvalue weighted by Crippen LogP contribution is 2.54. The van der Waals surface area contributed by atoms with Crippen LogP contribution in [0.25, 0.3) is 28.3 Å². The molecule has 0 bridgehead atoms. The summed E-state index contributed by atoms with van der Waals surface area (Å²) < 4.78 is 131. The smallest absolute Gasteiger partial charge is 0.382 e. The molecule has 1 aliphatic rings. The normalized spacial score (nSPS) is 16.2. The van der Waals surface area contributed by atoms with Crippen molar-refractivity contribution in [3.63, 3.8) is 0 Å². The molecule has 0 aliphatic heterocycles. The maximum atomic E-state index is 15.0. The Bertz CT molecular complexity index is 1400. The zero-order valence-corrected chi connectivity index (χ0v) is 20.9. The summed E-state index contributed by atoms with van der Waals surface area (Å²) in [5.41, 5.74) is -8.01. The van der Waals surface area contributed by atoms with Crippen LogP contribution in [0.2, 0.25) is 0 Å². The van der Waals surface area contributed by atoms with Crippen molar-refractivity contribution in [2.45, 2.75) is 63.6 Å². The van der Waals surface area contributed by atoms with E-state index < -0.39 is 51.9 Å². The molecule has 1 aliphatic carbocycles. The van der Waals surface area contributed by atoms with E-state index in [-0.39, 0.29) is 18.8 Å². The van der Waals surface area contributed by atoms with E-state index in [4.69, 9.17) is 4.52 Å². The summed E-state index contributed by atoms with van der Waals surface area (Å²) in [5, 5.41) is 6.93. The second-order valence-electron chi connectivity index (χ2n) is 9.76. The number of hydrogen-bond donors (Lipinski definition) is 1. The molecule has 0 spiro atoms. The van der Waals surface area contributed by atoms with Gasteiger partial charge in [0.05, 0.1) is 5.56 Å².